The first-order chi connectivity index (χ1) is 15.5. The number of ether oxygens (including phenoxy) is 2. The van der Waals surface area contributed by atoms with Gasteiger partial charge >= 0.3 is 5.97 Å². The third-order valence-corrected chi connectivity index (χ3v) is 5.63. The summed E-state index contributed by atoms with van der Waals surface area (Å²) in [6.07, 6.45) is 0. The molecule has 0 saturated carbocycles. The van der Waals surface area contributed by atoms with Crippen molar-refractivity contribution >= 4 is 33.9 Å². The predicted octanol–water partition coefficient (Wildman–Crippen LogP) is 3.68. The Hall–Kier alpha value is -3.98. The maximum atomic E-state index is 12.6. The molecule has 0 aliphatic rings. The van der Waals surface area contributed by atoms with Crippen molar-refractivity contribution in [2.45, 2.75) is 13.5 Å². The summed E-state index contributed by atoms with van der Waals surface area (Å²) in [6, 6.07) is 14.6. The number of aryl methyl sites for hydroxylation is 1. The first kappa shape index (κ1) is 21.3. The molecule has 0 atom stereocenters. The van der Waals surface area contributed by atoms with Crippen molar-refractivity contribution in [2.24, 2.45) is 0 Å². The van der Waals surface area contributed by atoms with E-state index in [2.05, 4.69) is 10.3 Å². The summed E-state index contributed by atoms with van der Waals surface area (Å²) in [7, 11) is 1.49. The molecule has 8 nitrogen and oxygen atoms in total. The normalized spacial score (nSPS) is 10.7. The summed E-state index contributed by atoms with van der Waals surface area (Å²) in [4.78, 5) is 42.3. The summed E-state index contributed by atoms with van der Waals surface area (Å²) >= 11 is 1.34. The molecule has 32 heavy (non-hydrogen) atoms. The first-order valence-electron chi connectivity index (χ1n) is 9.64. The van der Waals surface area contributed by atoms with Crippen LogP contribution in [0.15, 0.2) is 64.8 Å². The van der Waals surface area contributed by atoms with Crippen molar-refractivity contribution in [1.82, 2.24) is 9.38 Å². The van der Waals surface area contributed by atoms with Gasteiger partial charge in [0.15, 0.2) is 4.96 Å². The van der Waals surface area contributed by atoms with E-state index in [4.69, 9.17) is 9.47 Å². The van der Waals surface area contributed by atoms with E-state index in [9.17, 15) is 14.4 Å². The number of nitrogens with zero attached hydrogens (tertiary/aromatic N) is 2. The van der Waals surface area contributed by atoms with E-state index in [0.29, 0.717) is 27.7 Å². The smallest absolute Gasteiger partial charge is 0.338 e. The third kappa shape index (κ3) is 4.37. The molecule has 1 amide bonds. The molecule has 2 aromatic heterocycles. The summed E-state index contributed by atoms with van der Waals surface area (Å²) < 4.78 is 12.0. The van der Waals surface area contributed by atoms with Gasteiger partial charge in [0, 0.05) is 22.8 Å². The number of amides is 1. The number of rotatable bonds is 6. The van der Waals surface area contributed by atoms with Crippen LogP contribution >= 0.6 is 11.3 Å². The number of nitrogens with one attached hydrogen (secondary N) is 1. The Bertz CT molecular complexity index is 1380. The zero-order valence-corrected chi connectivity index (χ0v) is 18.1. The first-order valence-corrected chi connectivity index (χ1v) is 10.5. The lowest BCUT2D eigenvalue weighted by Gasteiger charge is -2.10. The van der Waals surface area contributed by atoms with Gasteiger partial charge in [-0.1, -0.05) is 18.2 Å². The summed E-state index contributed by atoms with van der Waals surface area (Å²) in [5.41, 5.74) is 2.01. The number of hydrogen-bond donors (Lipinski definition) is 1. The molecule has 0 radical (unpaired) electrons. The number of carbonyl (C=O) groups excluding carboxylic acids is 2. The number of aromatic nitrogens is 2. The van der Waals surface area contributed by atoms with E-state index in [1.807, 2.05) is 12.3 Å². The molecule has 4 aromatic rings. The zero-order chi connectivity index (χ0) is 22.7. The molecule has 2 heterocycles. The van der Waals surface area contributed by atoms with Crippen LogP contribution in [0.5, 0.6) is 5.75 Å². The number of anilines is 1. The molecule has 0 bridgehead atoms. The van der Waals surface area contributed by atoms with E-state index in [0.717, 1.165) is 5.69 Å². The van der Waals surface area contributed by atoms with Crippen LogP contribution in [0, 0.1) is 6.92 Å². The Morgan fingerprint density at radius 2 is 1.94 bits per heavy atom. The van der Waals surface area contributed by atoms with Gasteiger partial charge in [0.25, 0.3) is 11.5 Å². The van der Waals surface area contributed by atoms with Crippen molar-refractivity contribution in [2.75, 3.05) is 12.4 Å². The Balaban J connectivity index is 1.45. The molecule has 0 spiro atoms. The molecule has 1 N–H and O–H groups in total. The van der Waals surface area contributed by atoms with Crippen molar-refractivity contribution in [3.63, 3.8) is 0 Å². The zero-order valence-electron chi connectivity index (χ0n) is 17.3. The highest BCUT2D eigenvalue weighted by atomic mass is 32.1. The minimum absolute atomic E-state index is 0.140. The average molecular weight is 449 g/mol. The second-order valence-corrected chi connectivity index (χ2v) is 7.73. The topological polar surface area (TPSA) is 99.0 Å². The van der Waals surface area contributed by atoms with Crippen molar-refractivity contribution in [3.05, 3.63) is 92.8 Å². The van der Waals surface area contributed by atoms with Crippen molar-refractivity contribution < 1.29 is 19.1 Å². The van der Waals surface area contributed by atoms with Gasteiger partial charge in [-0.25, -0.2) is 9.78 Å². The Labute approximate surface area is 187 Å². The van der Waals surface area contributed by atoms with Crippen LogP contribution in [0.2, 0.25) is 0 Å². The summed E-state index contributed by atoms with van der Waals surface area (Å²) in [6.45, 7) is 1.69. The van der Waals surface area contributed by atoms with Crippen LogP contribution in [0.4, 0.5) is 5.69 Å². The number of para-hydroxylation sites is 1. The lowest BCUT2D eigenvalue weighted by Crippen LogP contribution is -2.16. The molecule has 9 heteroatoms. The second kappa shape index (κ2) is 9.03. The fourth-order valence-electron chi connectivity index (χ4n) is 3.15. The largest absolute Gasteiger partial charge is 0.496 e. The number of hydrogen-bond acceptors (Lipinski definition) is 7. The second-order valence-electron chi connectivity index (χ2n) is 6.89. The van der Waals surface area contributed by atoms with Crippen molar-refractivity contribution in [1.29, 1.82) is 0 Å². The number of methoxy groups -OCH3 is 1. The number of fused-ring (bicyclic) bond motifs is 1. The Morgan fingerprint density at radius 1 is 1.12 bits per heavy atom. The Morgan fingerprint density at radius 3 is 2.75 bits per heavy atom. The monoisotopic (exact) mass is 449 g/mol. The minimum Gasteiger partial charge on any atom is -0.496 e. The van der Waals surface area contributed by atoms with Crippen LogP contribution in [0.25, 0.3) is 4.96 Å². The third-order valence-electron chi connectivity index (χ3n) is 4.69. The van der Waals surface area contributed by atoms with Gasteiger partial charge in [0.05, 0.1) is 23.9 Å². The highest BCUT2D eigenvalue weighted by Crippen LogP contribution is 2.20. The summed E-state index contributed by atoms with van der Waals surface area (Å²) in [5.74, 6) is -0.512. The van der Waals surface area contributed by atoms with Gasteiger partial charge in [-0.05, 0) is 37.3 Å². The molecule has 0 aliphatic carbocycles. The highest BCUT2D eigenvalue weighted by Gasteiger charge is 2.14. The average Bonchev–Trinajstić information content (AvgIpc) is 3.18. The quantitative estimate of drug-likeness (QED) is 0.451. The van der Waals surface area contributed by atoms with Crippen LogP contribution in [-0.4, -0.2) is 28.4 Å². The molecule has 2 aromatic carbocycles. The van der Waals surface area contributed by atoms with Gasteiger partial charge < -0.3 is 14.8 Å². The number of carbonyl (C=O) groups is 2. The number of thiazole rings is 1. The Kier molecular flexibility index (Phi) is 6.00. The standard InChI is InChI=1S/C23H19N3O5S/c1-14-13-32-23-25-17(11-20(27)26(14)23)12-31-22(29)15-6-5-7-16(10-15)24-21(28)18-8-3-4-9-19(18)30-2/h3-11,13H,12H2,1-2H3,(H,24,28). The summed E-state index contributed by atoms with van der Waals surface area (Å²) in [5, 5.41) is 4.59. The van der Waals surface area contributed by atoms with E-state index in [1.165, 1.54) is 35.0 Å². The molecule has 0 saturated heterocycles. The van der Waals surface area contributed by atoms with Gasteiger partial charge in [0.2, 0.25) is 0 Å². The fourth-order valence-corrected chi connectivity index (χ4v) is 4.04. The molecular weight excluding hydrogens is 430 g/mol. The number of benzene rings is 2. The van der Waals surface area contributed by atoms with Crippen molar-refractivity contribution in [3.8, 4) is 5.75 Å². The number of esters is 1. The minimum atomic E-state index is -0.595. The van der Waals surface area contributed by atoms with Crippen LogP contribution < -0.4 is 15.6 Å². The molecule has 0 aliphatic heterocycles. The lowest BCUT2D eigenvalue weighted by atomic mass is 10.1. The van der Waals surface area contributed by atoms with E-state index in [-0.39, 0.29) is 23.6 Å². The molecule has 0 unspecified atom stereocenters. The predicted molar refractivity (Wildman–Crippen MR) is 121 cm³/mol. The van der Waals surface area contributed by atoms with Gasteiger partial charge in [0.1, 0.15) is 12.4 Å². The molecule has 0 fully saturated rings. The maximum absolute atomic E-state index is 12.6. The van der Waals surface area contributed by atoms with E-state index < -0.39 is 5.97 Å². The van der Waals surface area contributed by atoms with E-state index in [1.54, 1.807) is 42.5 Å². The van der Waals surface area contributed by atoms with Gasteiger partial charge in [-0.3, -0.25) is 14.0 Å². The van der Waals surface area contributed by atoms with Gasteiger partial charge in [-0.15, -0.1) is 11.3 Å². The van der Waals surface area contributed by atoms with E-state index >= 15 is 0 Å². The molecule has 162 valence electrons. The highest BCUT2D eigenvalue weighted by molar-refractivity contribution is 7.15. The molecule has 4 rings (SSSR count). The van der Waals surface area contributed by atoms with Crippen LogP contribution in [-0.2, 0) is 11.3 Å². The lowest BCUT2D eigenvalue weighted by molar-refractivity contribution is 0.0467. The maximum Gasteiger partial charge on any atom is 0.338 e. The van der Waals surface area contributed by atoms with Crippen LogP contribution in [0.3, 0.4) is 0 Å². The van der Waals surface area contributed by atoms with Crippen LogP contribution in [0.1, 0.15) is 32.1 Å². The SMILES string of the molecule is COc1ccccc1C(=O)Nc1cccc(C(=O)OCc2cc(=O)n3c(C)csc3n2)c1. The fraction of sp³-hybridized carbons (Fsp3) is 0.130. The molecular formula is C23H19N3O5S. The van der Waals surface area contributed by atoms with Gasteiger partial charge in [-0.2, -0.15) is 0 Å².